The first kappa shape index (κ1) is 12.4. The number of nitrogens with zero attached hydrogens (tertiary/aromatic N) is 1. The van der Waals surface area contributed by atoms with E-state index in [2.05, 4.69) is 56.1 Å². The van der Waals surface area contributed by atoms with Gasteiger partial charge in [0.1, 0.15) is 0 Å². The minimum Gasteiger partial charge on any atom is -0.365 e. The molecule has 0 bridgehead atoms. The van der Waals surface area contributed by atoms with Gasteiger partial charge in [-0.1, -0.05) is 6.07 Å². The van der Waals surface area contributed by atoms with Crippen LogP contribution in [0.1, 0.15) is 31.4 Å². The molecular formula is C15H24N2. The summed E-state index contributed by atoms with van der Waals surface area (Å²) in [6, 6.07) is 8.01. The highest BCUT2D eigenvalue weighted by Crippen LogP contribution is 2.25. The third-order valence-electron chi connectivity index (χ3n) is 3.92. The summed E-state index contributed by atoms with van der Waals surface area (Å²) < 4.78 is 0. The molecule has 94 valence electrons. The van der Waals surface area contributed by atoms with E-state index in [9.17, 15) is 0 Å². The minimum absolute atomic E-state index is 0.564. The van der Waals surface area contributed by atoms with Crippen molar-refractivity contribution in [1.82, 2.24) is 5.32 Å². The molecule has 0 spiro atoms. The second-order valence-corrected chi connectivity index (χ2v) is 5.37. The van der Waals surface area contributed by atoms with Gasteiger partial charge in [-0.25, -0.2) is 0 Å². The van der Waals surface area contributed by atoms with Gasteiger partial charge in [0, 0.05) is 24.3 Å². The monoisotopic (exact) mass is 232 g/mol. The van der Waals surface area contributed by atoms with Crippen molar-refractivity contribution in [3.05, 3.63) is 29.3 Å². The molecule has 1 aromatic rings. The van der Waals surface area contributed by atoms with E-state index < -0.39 is 0 Å². The van der Waals surface area contributed by atoms with Crippen molar-refractivity contribution in [3.63, 3.8) is 0 Å². The van der Waals surface area contributed by atoms with E-state index in [4.69, 9.17) is 0 Å². The number of rotatable bonds is 1. The zero-order valence-electron chi connectivity index (χ0n) is 11.5. The molecular weight excluding hydrogens is 208 g/mol. The molecule has 1 saturated heterocycles. The van der Waals surface area contributed by atoms with Crippen LogP contribution >= 0.6 is 0 Å². The van der Waals surface area contributed by atoms with E-state index in [0.717, 1.165) is 13.1 Å². The summed E-state index contributed by atoms with van der Waals surface area (Å²) in [6.07, 6.45) is 1.22. The van der Waals surface area contributed by atoms with Crippen LogP contribution in [0.5, 0.6) is 0 Å². The fraction of sp³-hybridized carbons (Fsp3) is 0.600. The van der Waals surface area contributed by atoms with Crippen LogP contribution in [-0.4, -0.2) is 25.2 Å². The van der Waals surface area contributed by atoms with Gasteiger partial charge in [-0.2, -0.15) is 0 Å². The first-order valence-electron chi connectivity index (χ1n) is 6.66. The van der Waals surface area contributed by atoms with Crippen LogP contribution in [0.15, 0.2) is 18.2 Å². The van der Waals surface area contributed by atoms with Gasteiger partial charge in [-0.3, -0.25) is 0 Å². The van der Waals surface area contributed by atoms with Crippen molar-refractivity contribution in [2.75, 3.05) is 18.0 Å². The zero-order valence-corrected chi connectivity index (χ0v) is 11.5. The van der Waals surface area contributed by atoms with E-state index >= 15 is 0 Å². The summed E-state index contributed by atoms with van der Waals surface area (Å²) in [5.74, 6) is 0. The molecule has 1 N–H and O–H groups in total. The van der Waals surface area contributed by atoms with Crippen LogP contribution in [0, 0.1) is 13.8 Å². The Morgan fingerprint density at radius 3 is 2.59 bits per heavy atom. The molecule has 0 saturated carbocycles. The van der Waals surface area contributed by atoms with E-state index in [1.165, 1.54) is 23.2 Å². The summed E-state index contributed by atoms with van der Waals surface area (Å²) in [7, 11) is 0. The zero-order chi connectivity index (χ0) is 12.4. The van der Waals surface area contributed by atoms with Crippen molar-refractivity contribution in [2.24, 2.45) is 0 Å². The molecule has 0 amide bonds. The SMILES string of the molecule is Cc1ccc(N2C(C)CCNCC2C)cc1C. The molecule has 1 aromatic carbocycles. The Balaban J connectivity index is 2.31. The number of nitrogens with one attached hydrogen (secondary N) is 1. The maximum absolute atomic E-state index is 3.51. The lowest BCUT2D eigenvalue weighted by Crippen LogP contribution is -2.41. The maximum Gasteiger partial charge on any atom is 0.0389 e. The van der Waals surface area contributed by atoms with Gasteiger partial charge < -0.3 is 10.2 Å². The molecule has 1 fully saturated rings. The van der Waals surface area contributed by atoms with Crippen LogP contribution in [0.25, 0.3) is 0 Å². The molecule has 0 radical (unpaired) electrons. The average molecular weight is 232 g/mol. The minimum atomic E-state index is 0.564. The molecule has 17 heavy (non-hydrogen) atoms. The summed E-state index contributed by atoms with van der Waals surface area (Å²) >= 11 is 0. The fourth-order valence-corrected chi connectivity index (χ4v) is 2.69. The number of aryl methyl sites for hydroxylation is 2. The Hall–Kier alpha value is -1.02. The standard InChI is InChI=1S/C15H24N2/c1-11-5-6-15(9-12(11)2)17-13(3)7-8-16-10-14(17)4/h5-6,9,13-14,16H,7-8,10H2,1-4H3. The molecule has 2 nitrogen and oxygen atoms in total. The van der Waals surface area contributed by atoms with Crippen LogP contribution in [0.2, 0.25) is 0 Å². The summed E-state index contributed by atoms with van der Waals surface area (Å²) in [6.45, 7) is 11.2. The topological polar surface area (TPSA) is 15.3 Å². The molecule has 2 rings (SSSR count). The van der Waals surface area contributed by atoms with Crippen LogP contribution < -0.4 is 10.2 Å². The van der Waals surface area contributed by atoms with Gasteiger partial charge >= 0.3 is 0 Å². The Morgan fingerprint density at radius 1 is 1.12 bits per heavy atom. The Labute approximate surface area is 105 Å². The van der Waals surface area contributed by atoms with Crippen molar-refractivity contribution in [1.29, 1.82) is 0 Å². The molecule has 1 aliphatic heterocycles. The van der Waals surface area contributed by atoms with Crippen LogP contribution in [0.4, 0.5) is 5.69 Å². The highest BCUT2D eigenvalue weighted by atomic mass is 15.2. The highest BCUT2D eigenvalue weighted by Gasteiger charge is 2.23. The molecule has 0 aliphatic carbocycles. The predicted octanol–water partition coefficient (Wildman–Crippen LogP) is 2.88. The first-order valence-corrected chi connectivity index (χ1v) is 6.66. The Bertz CT molecular complexity index is 375. The lowest BCUT2D eigenvalue weighted by molar-refractivity contribution is 0.575. The normalized spacial score (nSPS) is 25.8. The first-order chi connectivity index (χ1) is 8.09. The van der Waals surface area contributed by atoms with Crippen molar-refractivity contribution < 1.29 is 0 Å². The number of benzene rings is 1. The van der Waals surface area contributed by atoms with Gasteiger partial charge in [0.2, 0.25) is 0 Å². The van der Waals surface area contributed by atoms with Crippen LogP contribution in [-0.2, 0) is 0 Å². The van der Waals surface area contributed by atoms with E-state index in [1.54, 1.807) is 0 Å². The number of anilines is 1. The Morgan fingerprint density at radius 2 is 1.88 bits per heavy atom. The second kappa shape index (κ2) is 5.09. The van der Waals surface area contributed by atoms with Gasteiger partial charge in [0.15, 0.2) is 0 Å². The van der Waals surface area contributed by atoms with Crippen molar-refractivity contribution in [2.45, 2.75) is 46.2 Å². The largest absolute Gasteiger partial charge is 0.365 e. The van der Waals surface area contributed by atoms with Crippen molar-refractivity contribution >= 4 is 5.69 Å². The maximum atomic E-state index is 3.51. The highest BCUT2D eigenvalue weighted by molar-refractivity contribution is 5.52. The fourth-order valence-electron chi connectivity index (χ4n) is 2.69. The van der Waals surface area contributed by atoms with E-state index in [-0.39, 0.29) is 0 Å². The lowest BCUT2D eigenvalue weighted by Gasteiger charge is -2.35. The molecule has 1 aliphatic rings. The third-order valence-corrected chi connectivity index (χ3v) is 3.92. The average Bonchev–Trinajstić information content (AvgIpc) is 2.45. The molecule has 2 heteroatoms. The summed E-state index contributed by atoms with van der Waals surface area (Å²) in [4.78, 5) is 2.56. The van der Waals surface area contributed by atoms with Gasteiger partial charge in [0.25, 0.3) is 0 Å². The smallest absolute Gasteiger partial charge is 0.0389 e. The van der Waals surface area contributed by atoms with Gasteiger partial charge in [-0.05, 0) is 63.9 Å². The predicted molar refractivity (Wildman–Crippen MR) is 74.8 cm³/mol. The van der Waals surface area contributed by atoms with E-state index in [0.29, 0.717) is 12.1 Å². The summed E-state index contributed by atoms with van der Waals surface area (Å²) in [5, 5.41) is 3.51. The quantitative estimate of drug-likeness (QED) is 0.801. The summed E-state index contributed by atoms with van der Waals surface area (Å²) in [5.41, 5.74) is 4.14. The molecule has 0 aromatic heterocycles. The second-order valence-electron chi connectivity index (χ2n) is 5.37. The van der Waals surface area contributed by atoms with Gasteiger partial charge in [0.05, 0.1) is 0 Å². The number of hydrogen-bond acceptors (Lipinski definition) is 2. The lowest BCUT2D eigenvalue weighted by atomic mass is 10.1. The number of hydrogen-bond donors (Lipinski definition) is 1. The van der Waals surface area contributed by atoms with Crippen LogP contribution in [0.3, 0.4) is 0 Å². The molecule has 2 unspecified atom stereocenters. The molecule has 1 heterocycles. The van der Waals surface area contributed by atoms with E-state index in [1.807, 2.05) is 0 Å². The molecule has 2 atom stereocenters. The van der Waals surface area contributed by atoms with Crippen molar-refractivity contribution in [3.8, 4) is 0 Å². The Kier molecular flexibility index (Phi) is 3.72. The third kappa shape index (κ3) is 2.63. The van der Waals surface area contributed by atoms with Gasteiger partial charge in [-0.15, -0.1) is 0 Å².